The first-order valence-electron chi connectivity index (χ1n) is 4.34. The van der Waals surface area contributed by atoms with Crippen LogP contribution in [0, 0.1) is 6.92 Å². The Kier molecular flexibility index (Phi) is 2.07. The molecular weight excluding hydrogens is 184 g/mol. The topological polar surface area (TPSA) is 42.3 Å². The summed E-state index contributed by atoms with van der Waals surface area (Å²) < 4.78 is 16.0. The van der Waals surface area contributed by atoms with Gasteiger partial charge in [0, 0.05) is 17.7 Å². The molecule has 2 heterocycles. The van der Waals surface area contributed by atoms with Gasteiger partial charge < -0.3 is 0 Å². The van der Waals surface area contributed by atoms with E-state index in [9.17, 15) is 4.21 Å². The van der Waals surface area contributed by atoms with E-state index in [4.69, 9.17) is 0 Å². The first kappa shape index (κ1) is 8.69. The molecule has 0 bridgehead atoms. The number of hydrogen-bond donors (Lipinski definition) is 0. The summed E-state index contributed by atoms with van der Waals surface area (Å²) in [6.45, 7) is 1.94. The SMILES string of the molecule is Cc1cccnc1N=S1(=O)CCC1. The third kappa shape index (κ3) is 1.72. The van der Waals surface area contributed by atoms with Gasteiger partial charge in [-0.3, -0.25) is 0 Å². The van der Waals surface area contributed by atoms with E-state index in [1.54, 1.807) is 6.20 Å². The summed E-state index contributed by atoms with van der Waals surface area (Å²) in [5.41, 5.74) is 0.997. The molecule has 1 aliphatic rings. The van der Waals surface area contributed by atoms with Crippen LogP contribution in [0.5, 0.6) is 0 Å². The predicted molar refractivity (Wildman–Crippen MR) is 53.6 cm³/mol. The van der Waals surface area contributed by atoms with Crippen molar-refractivity contribution in [1.82, 2.24) is 4.98 Å². The van der Waals surface area contributed by atoms with Gasteiger partial charge in [0.15, 0.2) is 5.82 Å². The normalized spacial score (nSPS) is 19.2. The van der Waals surface area contributed by atoms with Crippen molar-refractivity contribution in [3.8, 4) is 0 Å². The van der Waals surface area contributed by atoms with Crippen molar-refractivity contribution in [2.45, 2.75) is 13.3 Å². The first-order valence-corrected chi connectivity index (χ1v) is 6.19. The van der Waals surface area contributed by atoms with E-state index < -0.39 is 9.73 Å². The Morgan fingerprint density at radius 3 is 2.85 bits per heavy atom. The zero-order chi connectivity index (χ0) is 9.31. The highest BCUT2D eigenvalue weighted by Crippen LogP contribution is 2.21. The molecule has 1 saturated heterocycles. The highest BCUT2D eigenvalue weighted by Gasteiger charge is 2.19. The molecule has 0 radical (unpaired) electrons. The van der Waals surface area contributed by atoms with Crippen LogP contribution >= 0.6 is 0 Å². The Morgan fingerprint density at radius 1 is 1.54 bits per heavy atom. The van der Waals surface area contributed by atoms with Crippen LogP contribution in [0.1, 0.15) is 12.0 Å². The van der Waals surface area contributed by atoms with E-state index in [-0.39, 0.29) is 0 Å². The smallest absolute Gasteiger partial charge is 0.164 e. The summed E-state index contributed by atoms with van der Waals surface area (Å²) in [7, 11) is -1.90. The zero-order valence-corrected chi connectivity index (χ0v) is 8.38. The number of aromatic nitrogens is 1. The fourth-order valence-electron chi connectivity index (χ4n) is 1.21. The molecule has 0 atom stereocenters. The standard InChI is InChI=1S/C9H12N2OS/c1-8-4-2-5-10-9(8)11-13(12)6-3-7-13/h2,4-5H,3,6-7H2,1H3. The lowest BCUT2D eigenvalue weighted by Crippen LogP contribution is -2.23. The average molecular weight is 196 g/mol. The van der Waals surface area contributed by atoms with Crippen LogP contribution in [0.15, 0.2) is 22.7 Å². The Bertz CT molecular complexity index is 423. The molecule has 0 aromatic carbocycles. The van der Waals surface area contributed by atoms with E-state index >= 15 is 0 Å². The molecule has 0 amide bonds. The quantitative estimate of drug-likeness (QED) is 0.688. The van der Waals surface area contributed by atoms with Gasteiger partial charge in [-0.1, -0.05) is 6.07 Å². The number of hydrogen-bond acceptors (Lipinski definition) is 3. The van der Waals surface area contributed by atoms with Crippen molar-refractivity contribution in [3.05, 3.63) is 23.9 Å². The highest BCUT2D eigenvalue weighted by atomic mass is 32.2. The van der Waals surface area contributed by atoms with Crippen molar-refractivity contribution in [1.29, 1.82) is 0 Å². The van der Waals surface area contributed by atoms with Gasteiger partial charge in [0.1, 0.15) is 0 Å². The Labute approximate surface area is 78.4 Å². The molecule has 1 aromatic heterocycles. The van der Waals surface area contributed by atoms with Crippen LogP contribution in [0.2, 0.25) is 0 Å². The van der Waals surface area contributed by atoms with Gasteiger partial charge in [0.05, 0.1) is 9.73 Å². The summed E-state index contributed by atoms with van der Waals surface area (Å²) in [6, 6.07) is 3.80. The molecule has 0 N–H and O–H groups in total. The Morgan fingerprint density at radius 2 is 2.31 bits per heavy atom. The summed E-state index contributed by atoms with van der Waals surface area (Å²) >= 11 is 0. The van der Waals surface area contributed by atoms with Crippen LogP contribution < -0.4 is 0 Å². The van der Waals surface area contributed by atoms with E-state index in [0.717, 1.165) is 23.5 Å². The van der Waals surface area contributed by atoms with Crippen molar-refractivity contribution in [3.63, 3.8) is 0 Å². The fourth-order valence-corrected chi connectivity index (χ4v) is 2.68. The average Bonchev–Trinajstić information content (AvgIpc) is 2.06. The molecule has 13 heavy (non-hydrogen) atoms. The second-order valence-corrected chi connectivity index (χ2v) is 5.81. The van der Waals surface area contributed by atoms with Crippen molar-refractivity contribution in [2.75, 3.05) is 11.5 Å². The molecule has 4 heteroatoms. The second-order valence-electron chi connectivity index (χ2n) is 3.27. The van der Waals surface area contributed by atoms with Gasteiger partial charge >= 0.3 is 0 Å². The fraction of sp³-hybridized carbons (Fsp3) is 0.444. The van der Waals surface area contributed by atoms with Gasteiger partial charge in [-0.2, -0.15) is 4.36 Å². The molecule has 70 valence electrons. The first-order chi connectivity index (χ1) is 6.20. The molecule has 0 unspecified atom stereocenters. The number of aryl methyl sites for hydroxylation is 1. The van der Waals surface area contributed by atoms with Crippen molar-refractivity contribution >= 4 is 15.5 Å². The van der Waals surface area contributed by atoms with E-state index in [2.05, 4.69) is 9.35 Å². The molecule has 1 fully saturated rings. The number of nitrogens with zero attached hydrogens (tertiary/aromatic N) is 2. The third-order valence-corrected chi connectivity index (χ3v) is 4.52. The minimum absolute atomic E-state index is 0.646. The highest BCUT2D eigenvalue weighted by molar-refractivity contribution is 7.95. The van der Waals surface area contributed by atoms with Gasteiger partial charge in [0.25, 0.3) is 0 Å². The van der Waals surface area contributed by atoms with E-state index in [1.165, 1.54) is 0 Å². The maximum atomic E-state index is 11.8. The van der Waals surface area contributed by atoms with Crippen molar-refractivity contribution < 1.29 is 4.21 Å². The van der Waals surface area contributed by atoms with Crippen LogP contribution in [0.4, 0.5) is 5.82 Å². The largest absolute Gasteiger partial charge is 0.249 e. The van der Waals surface area contributed by atoms with E-state index in [1.807, 2.05) is 19.1 Å². The minimum Gasteiger partial charge on any atom is -0.249 e. The third-order valence-electron chi connectivity index (χ3n) is 2.16. The van der Waals surface area contributed by atoms with Crippen LogP contribution in [0.25, 0.3) is 0 Å². The molecule has 1 aliphatic heterocycles. The molecule has 0 saturated carbocycles. The maximum Gasteiger partial charge on any atom is 0.164 e. The Balaban J connectivity index is 2.43. The summed E-state index contributed by atoms with van der Waals surface area (Å²) in [5, 5.41) is 0. The predicted octanol–water partition coefficient (Wildman–Crippen LogP) is 1.89. The van der Waals surface area contributed by atoms with Crippen LogP contribution in [0.3, 0.4) is 0 Å². The lowest BCUT2D eigenvalue weighted by molar-refractivity contribution is 0.663. The maximum absolute atomic E-state index is 11.8. The van der Waals surface area contributed by atoms with Gasteiger partial charge in [-0.05, 0) is 25.0 Å². The van der Waals surface area contributed by atoms with Crippen molar-refractivity contribution in [2.24, 2.45) is 4.36 Å². The van der Waals surface area contributed by atoms with E-state index in [0.29, 0.717) is 5.82 Å². The van der Waals surface area contributed by atoms with Gasteiger partial charge in [-0.15, -0.1) is 0 Å². The summed E-state index contributed by atoms with van der Waals surface area (Å²) in [6.07, 6.45) is 2.72. The lowest BCUT2D eigenvalue weighted by atomic mass is 10.3. The van der Waals surface area contributed by atoms with Crippen LogP contribution in [-0.4, -0.2) is 20.7 Å². The number of rotatable bonds is 1. The second kappa shape index (κ2) is 3.10. The van der Waals surface area contributed by atoms with Gasteiger partial charge in [-0.25, -0.2) is 9.19 Å². The van der Waals surface area contributed by atoms with Gasteiger partial charge in [0.2, 0.25) is 0 Å². The number of pyridine rings is 1. The lowest BCUT2D eigenvalue weighted by Gasteiger charge is -2.17. The minimum atomic E-state index is -1.90. The molecule has 3 nitrogen and oxygen atoms in total. The molecular formula is C9H12N2OS. The summed E-state index contributed by atoms with van der Waals surface area (Å²) in [5.74, 6) is 2.12. The molecule has 0 spiro atoms. The molecule has 1 aromatic rings. The summed E-state index contributed by atoms with van der Waals surface area (Å²) in [4.78, 5) is 4.10. The molecule has 0 aliphatic carbocycles. The van der Waals surface area contributed by atoms with Crippen LogP contribution in [-0.2, 0) is 9.73 Å². The zero-order valence-electron chi connectivity index (χ0n) is 7.56. The molecule has 2 rings (SSSR count). The Hall–Kier alpha value is -0.900. The monoisotopic (exact) mass is 196 g/mol.